The molecule has 0 saturated heterocycles. The minimum absolute atomic E-state index is 0.156. The average Bonchev–Trinajstić information content (AvgIpc) is 2.59. The van der Waals surface area contributed by atoms with Gasteiger partial charge in [-0.25, -0.2) is 9.37 Å². The molecule has 0 radical (unpaired) electrons. The zero-order chi connectivity index (χ0) is 17.9. The Hall–Kier alpha value is -2.65. The smallest absolute Gasteiger partial charge is 0.259 e. The molecular weight excluding hydrogens is 333 g/mol. The van der Waals surface area contributed by atoms with Crippen molar-refractivity contribution in [3.8, 4) is 11.9 Å². The summed E-state index contributed by atoms with van der Waals surface area (Å²) >= 11 is 5.91. The number of amides is 1. The number of halogens is 2. The molecule has 2 aromatic rings. The lowest BCUT2D eigenvalue weighted by Gasteiger charge is -2.26. The Morgan fingerprint density at radius 2 is 2.17 bits per heavy atom. The molecule has 0 aliphatic rings. The molecule has 1 heterocycles. The Kier molecular flexibility index (Phi) is 5.37. The van der Waals surface area contributed by atoms with E-state index in [0.717, 1.165) is 6.07 Å². The van der Waals surface area contributed by atoms with Gasteiger partial charge in [-0.15, -0.1) is 0 Å². The fourth-order valence-electron chi connectivity index (χ4n) is 2.31. The number of benzene rings is 1. The lowest BCUT2D eigenvalue weighted by atomic mass is 10.0. The van der Waals surface area contributed by atoms with Crippen LogP contribution < -0.4 is 4.74 Å². The summed E-state index contributed by atoms with van der Waals surface area (Å²) in [6.45, 7) is 1.75. The van der Waals surface area contributed by atoms with Gasteiger partial charge in [-0.2, -0.15) is 5.26 Å². The number of pyridine rings is 1. The van der Waals surface area contributed by atoms with Crippen molar-refractivity contribution in [2.75, 3.05) is 14.2 Å². The minimum Gasteiger partial charge on any atom is -0.480 e. The zero-order valence-corrected chi connectivity index (χ0v) is 14.1. The molecule has 24 heavy (non-hydrogen) atoms. The minimum atomic E-state index is -0.503. The summed E-state index contributed by atoms with van der Waals surface area (Å²) in [5, 5.41) is 9.49. The molecule has 0 bridgehead atoms. The highest BCUT2D eigenvalue weighted by Crippen LogP contribution is 2.27. The average molecular weight is 348 g/mol. The molecule has 0 fully saturated rings. The van der Waals surface area contributed by atoms with Crippen LogP contribution in [0.4, 0.5) is 4.39 Å². The van der Waals surface area contributed by atoms with E-state index in [9.17, 15) is 14.4 Å². The van der Waals surface area contributed by atoms with E-state index in [0.29, 0.717) is 10.6 Å². The van der Waals surface area contributed by atoms with Gasteiger partial charge in [0.05, 0.1) is 29.8 Å². The highest BCUT2D eigenvalue weighted by atomic mass is 35.5. The maximum Gasteiger partial charge on any atom is 0.259 e. The van der Waals surface area contributed by atoms with E-state index < -0.39 is 11.9 Å². The third-order valence-corrected chi connectivity index (χ3v) is 3.94. The van der Waals surface area contributed by atoms with Crippen LogP contribution in [-0.2, 0) is 0 Å². The van der Waals surface area contributed by atoms with Gasteiger partial charge in [0.1, 0.15) is 11.4 Å². The van der Waals surface area contributed by atoms with Gasteiger partial charge in [0.25, 0.3) is 5.91 Å². The van der Waals surface area contributed by atoms with Crippen molar-refractivity contribution in [1.29, 1.82) is 5.26 Å². The quantitative estimate of drug-likeness (QED) is 0.847. The highest BCUT2D eigenvalue weighted by molar-refractivity contribution is 6.30. The lowest BCUT2D eigenvalue weighted by molar-refractivity contribution is 0.0738. The summed E-state index contributed by atoms with van der Waals surface area (Å²) in [4.78, 5) is 18.1. The number of aromatic nitrogens is 1. The Labute approximate surface area is 144 Å². The molecule has 0 unspecified atom stereocenters. The summed E-state index contributed by atoms with van der Waals surface area (Å²) in [5.74, 6) is -0.720. The number of nitrogens with zero attached hydrogens (tertiary/aromatic N) is 3. The first-order valence-electron chi connectivity index (χ1n) is 7.05. The Morgan fingerprint density at radius 3 is 2.79 bits per heavy atom. The van der Waals surface area contributed by atoms with Crippen LogP contribution >= 0.6 is 11.6 Å². The van der Waals surface area contributed by atoms with Crippen LogP contribution in [0, 0.1) is 17.1 Å². The first-order valence-corrected chi connectivity index (χ1v) is 7.43. The van der Waals surface area contributed by atoms with Crippen LogP contribution in [0.25, 0.3) is 0 Å². The lowest BCUT2D eigenvalue weighted by Crippen LogP contribution is -2.30. The second kappa shape index (κ2) is 7.28. The van der Waals surface area contributed by atoms with E-state index in [4.69, 9.17) is 16.3 Å². The van der Waals surface area contributed by atoms with Gasteiger partial charge in [-0.05, 0) is 30.7 Å². The van der Waals surface area contributed by atoms with Crippen molar-refractivity contribution in [1.82, 2.24) is 9.88 Å². The Bertz CT molecular complexity index is 820. The number of carbonyl (C=O) groups is 1. The van der Waals surface area contributed by atoms with Gasteiger partial charge in [-0.3, -0.25) is 4.79 Å². The molecular formula is C17H15ClFN3O2. The third kappa shape index (κ3) is 3.47. The zero-order valence-electron chi connectivity index (χ0n) is 13.4. The summed E-state index contributed by atoms with van der Waals surface area (Å²) in [6.07, 6.45) is 1.38. The molecule has 1 amide bonds. The van der Waals surface area contributed by atoms with Gasteiger partial charge in [0.15, 0.2) is 0 Å². The third-order valence-electron chi connectivity index (χ3n) is 3.73. The Balaban J connectivity index is 2.38. The molecule has 1 atom stereocenters. The molecule has 1 aromatic carbocycles. The Morgan fingerprint density at radius 1 is 1.46 bits per heavy atom. The van der Waals surface area contributed by atoms with Gasteiger partial charge < -0.3 is 9.64 Å². The maximum absolute atomic E-state index is 13.3. The predicted octanol–water partition coefficient (Wildman–Crippen LogP) is 3.59. The number of hydrogen-bond donors (Lipinski definition) is 0. The van der Waals surface area contributed by atoms with Crippen molar-refractivity contribution in [3.63, 3.8) is 0 Å². The fraction of sp³-hybridized carbons (Fsp3) is 0.235. The summed E-state index contributed by atoms with van der Waals surface area (Å²) < 4.78 is 18.4. The number of methoxy groups -OCH3 is 1. The molecule has 2 rings (SSSR count). The van der Waals surface area contributed by atoms with Crippen LogP contribution in [0.3, 0.4) is 0 Å². The van der Waals surface area contributed by atoms with Crippen molar-refractivity contribution >= 4 is 17.5 Å². The first-order chi connectivity index (χ1) is 11.4. The van der Waals surface area contributed by atoms with Gasteiger partial charge in [0, 0.05) is 13.2 Å². The number of carbonyl (C=O) groups excluding carboxylic acids is 1. The van der Waals surface area contributed by atoms with E-state index in [1.54, 1.807) is 14.0 Å². The molecule has 0 aliphatic heterocycles. The van der Waals surface area contributed by atoms with Crippen LogP contribution in [0.5, 0.6) is 5.88 Å². The second-order valence-electron chi connectivity index (χ2n) is 5.15. The van der Waals surface area contributed by atoms with Crippen LogP contribution in [0.1, 0.15) is 34.5 Å². The van der Waals surface area contributed by atoms with E-state index >= 15 is 0 Å². The summed E-state index contributed by atoms with van der Waals surface area (Å²) in [5.41, 5.74) is 0.932. The van der Waals surface area contributed by atoms with Crippen LogP contribution in [0.15, 0.2) is 30.5 Å². The molecule has 5 nitrogen and oxygen atoms in total. The number of ether oxygens (including phenoxy) is 1. The predicted molar refractivity (Wildman–Crippen MR) is 87.4 cm³/mol. The topological polar surface area (TPSA) is 66.2 Å². The SMILES string of the molecule is COc1ncc(Cl)cc1C(=O)N(C)[C@H](C)c1ccc(F)cc1C#N. The molecule has 124 valence electrons. The molecule has 1 aromatic heterocycles. The van der Waals surface area contributed by atoms with E-state index in [2.05, 4.69) is 4.98 Å². The van der Waals surface area contributed by atoms with E-state index in [1.807, 2.05) is 6.07 Å². The van der Waals surface area contributed by atoms with Crippen molar-refractivity contribution < 1.29 is 13.9 Å². The van der Waals surface area contributed by atoms with Gasteiger partial charge in [0.2, 0.25) is 5.88 Å². The largest absolute Gasteiger partial charge is 0.480 e. The van der Waals surface area contributed by atoms with Crippen molar-refractivity contribution in [2.24, 2.45) is 0 Å². The monoisotopic (exact) mass is 347 g/mol. The summed E-state index contributed by atoms with van der Waals surface area (Å²) in [7, 11) is 2.99. The van der Waals surface area contributed by atoms with Crippen molar-refractivity contribution in [2.45, 2.75) is 13.0 Å². The molecule has 7 heteroatoms. The van der Waals surface area contributed by atoms with Crippen LogP contribution in [0.2, 0.25) is 5.02 Å². The molecule has 0 aliphatic carbocycles. The second-order valence-corrected chi connectivity index (χ2v) is 5.58. The maximum atomic E-state index is 13.3. The van der Waals surface area contributed by atoms with Crippen molar-refractivity contribution in [3.05, 3.63) is 58.0 Å². The normalized spacial score (nSPS) is 11.5. The first kappa shape index (κ1) is 17.7. The molecule has 0 spiro atoms. The van der Waals surface area contributed by atoms with Gasteiger partial charge >= 0.3 is 0 Å². The van der Waals surface area contributed by atoms with Gasteiger partial charge in [-0.1, -0.05) is 17.7 Å². The fourth-order valence-corrected chi connectivity index (χ4v) is 2.46. The standard InChI is InChI=1S/C17H15ClFN3O2/c1-10(14-5-4-13(19)6-11(14)8-20)22(2)17(23)15-7-12(18)9-21-16(15)24-3/h4-7,9-10H,1-3H3/t10-/m1/s1. The molecule has 0 N–H and O–H groups in total. The van der Waals surface area contributed by atoms with E-state index in [-0.39, 0.29) is 22.9 Å². The number of hydrogen-bond acceptors (Lipinski definition) is 4. The summed E-state index contributed by atoms with van der Waals surface area (Å²) in [6, 6.07) is 6.85. The number of nitriles is 1. The highest BCUT2D eigenvalue weighted by Gasteiger charge is 2.24. The van der Waals surface area contributed by atoms with Crippen LogP contribution in [-0.4, -0.2) is 29.9 Å². The van der Waals surface area contributed by atoms with E-state index in [1.165, 1.54) is 36.4 Å². The number of rotatable bonds is 4. The molecule has 0 saturated carbocycles.